The monoisotopic (exact) mass is 219 g/mol. The van der Waals surface area contributed by atoms with E-state index in [-0.39, 0.29) is 0 Å². The topological polar surface area (TPSA) is 64.9 Å². The highest BCUT2D eigenvalue weighted by Gasteiger charge is 2.11. The molecule has 1 heterocycles. The summed E-state index contributed by atoms with van der Waals surface area (Å²) in [5.41, 5.74) is 14.3. The first kappa shape index (κ1) is 9.98. The average Bonchev–Trinajstić information content (AvgIpc) is 2.60. The maximum atomic E-state index is 5.91. The van der Waals surface area contributed by atoms with Gasteiger partial charge in [-0.15, -0.1) is 11.3 Å². The van der Waals surface area contributed by atoms with Crippen LogP contribution in [0.2, 0.25) is 0 Å². The Balaban J connectivity index is 2.58. The average molecular weight is 219 g/mol. The molecule has 0 radical (unpaired) electrons. The van der Waals surface area contributed by atoms with E-state index in [9.17, 15) is 0 Å². The van der Waals surface area contributed by atoms with E-state index in [1.165, 1.54) is 16.2 Å². The normalized spacial score (nSPS) is 10.5. The van der Waals surface area contributed by atoms with Crippen molar-refractivity contribution < 1.29 is 0 Å². The Morgan fingerprint density at radius 1 is 1.27 bits per heavy atom. The Morgan fingerprint density at radius 2 is 2.00 bits per heavy atom. The van der Waals surface area contributed by atoms with Gasteiger partial charge in [-0.25, -0.2) is 4.98 Å². The number of rotatable bonds is 2. The number of hydrogen-bond acceptors (Lipinski definition) is 4. The van der Waals surface area contributed by atoms with E-state index in [1.54, 1.807) is 0 Å². The van der Waals surface area contributed by atoms with Gasteiger partial charge in [0.25, 0.3) is 0 Å². The Bertz CT molecular complexity index is 476. The minimum atomic E-state index is 0.602. The molecule has 1 aromatic heterocycles. The molecule has 0 aliphatic carbocycles. The summed E-state index contributed by atoms with van der Waals surface area (Å²) in [6, 6.07) is 7.73. The zero-order chi connectivity index (χ0) is 10.8. The molecule has 0 saturated heterocycles. The van der Waals surface area contributed by atoms with E-state index < -0.39 is 0 Å². The SMILES string of the molecule is CCc1sc(N)nc1-c1ccccc1N. The molecule has 4 N–H and O–H groups in total. The fourth-order valence-electron chi connectivity index (χ4n) is 1.53. The van der Waals surface area contributed by atoms with Crippen molar-refractivity contribution in [3.8, 4) is 11.3 Å². The Hall–Kier alpha value is -1.55. The quantitative estimate of drug-likeness (QED) is 0.763. The number of hydrogen-bond donors (Lipinski definition) is 2. The lowest BCUT2D eigenvalue weighted by Crippen LogP contribution is -1.92. The zero-order valence-electron chi connectivity index (χ0n) is 8.53. The summed E-state index contributed by atoms with van der Waals surface area (Å²) in [6.07, 6.45) is 0.929. The highest BCUT2D eigenvalue weighted by Crippen LogP contribution is 2.32. The number of anilines is 2. The van der Waals surface area contributed by atoms with Crippen LogP contribution in [0.25, 0.3) is 11.3 Å². The summed E-state index contributed by atoms with van der Waals surface area (Å²) in [5.74, 6) is 0. The maximum absolute atomic E-state index is 5.91. The largest absolute Gasteiger partial charge is 0.398 e. The number of para-hydroxylation sites is 1. The Labute approximate surface area is 92.8 Å². The van der Waals surface area contributed by atoms with E-state index in [4.69, 9.17) is 11.5 Å². The molecule has 0 saturated carbocycles. The van der Waals surface area contributed by atoms with Gasteiger partial charge < -0.3 is 11.5 Å². The van der Waals surface area contributed by atoms with Gasteiger partial charge in [-0.1, -0.05) is 25.1 Å². The summed E-state index contributed by atoms with van der Waals surface area (Å²) in [5, 5.41) is 0.602. The first-order chi connectivity index (χ1) is 7.22. The lowest BCUT2D eigenvalue weighted by molar-refractivity contribution is 1.17. The first-order valence-corrected chi connectivity index (χ1v) is 5.64. The molecule has 4 heteroatoms. The highest BCUT2D eigenvalue weighted by atomic mass is 32.1. The van der Waals surface area contributed by atoms with Crippen LogP contribution in [-0.4, -0.2) is 4.98 Å². The molecular weight excluding hydrogens is 206 g/mol. The predicted octanol–water partition coefficient (Wildman–Crippen LogP) is 2.54. The second kappa shape index (κ2) is 3.90. The molecule has 78 valence electrons. The highest BCUT2D eigenvalue weighted by molar-refractivity contribution is 7.15. The molecule has 0 amide bonds. The van der Waals surface area contributed by atoms with Gasteiger partial charge in [0.2, 0.25) is 0 Å². The van der Waals surface area contributed by atoms with Crippen LogP contribution >= 0.6 is 11.3 Å². The van der Waals surface area contributed by atoms with Gasteiger partial charge in [0.1, 0.15) is 0 Å². The molecule has 0 aliphatic rings. The maximum Gasteiger partial charge on any atom is 0.180 e. The third-order valence-corrected chi connectivity index (χ3v) is 3.28. The third kappa shape index (κ3) is 1.80. The number of nitrogens with zero attached hydrogens (tertiary/aromatic N) is 1. The molecule has 2 rings (SSSR count). The Morgan fingerprint density at radius 3 is 2.67 bits per heavy atom. The van der Waals surface area contributed by atoms with Crippen LogP contribution in [0.3, 0.4) is 0 Å². The predicted molar refractivity (Wildman–Crippen MR) is 65.8 cm³/mol. The third-order valence-electron chi connectivity index (χ3n) is 2.25. The van der Waals surface area contributed by atoms with Crippen LogP contribution in [0, 0.1) is 0 Å². The number of nitrogens with two attached hydrogens (primary N) is 2. The van der Waals surface area contributed by atoms with Crippen LogP contribution in [0.1, 0.15) is 11.8 Å². The number of thiazole rings is 1. The van der Waals surface area contributed by atoms with Crippen molar-refractivity contribution in [2.45, 2.75) is 13.3 Å². The molecule has 3 nitrogen and oxygen atoms in total. The van der Waals surface area contributed by atoms with Crippen LogP contribution < -0.4 is 11.5 Å². The van der Waals surface area contributed by atoms with Gasteiger partial charge in [-0.3, -0.25) is 0 Å². The van der Waals surface area contributed by atoms with Gasteiger partial charge in [0.15, 0.2) is 5.13 Å². The van der Waals surface area contributed by atoms with Crippen LogP contribution in [0.15, 0.2) is 24.3 Å². The molecule has 0 bridgehead atoms. The standard InChI is InChI=1S/C11H13N3S/c1-2-9-10(14-11(13)15-9)7-5-3-4-6-8(7)12/h3-6H,2,12H2,1H3,(H2,13,14). The lowest BCUT2D eigenvalue weighted by atomic mass is 10.1. The van der Waals surface area contributed by atoms with Crippen molar-refractivity contribution in [2.24, 2.45) is 0 Å². The molecule has 0 aliphatic heterocycles. The summed E-state index contributed by atoms with van der Waals surface area (Å²) >= 11 is 1.53. The molecule has 0 spiro atoms. The summed E-state index contributed by atoms with van der Waals surface area (Å²) in [4.78, 5) is 5.51. The summed E-state index contributed by atoms with van der Waals surface area (Å²) in [6.45, 7) is 2.09. The van der Waals surface area contributed by atoms with Crippen LogP contribution in [0.4, 0.5) is 10.8 Å². The van der Waals surface area contributed by atoms with E-state index in [0.717, 1.165) is 23.4 Å². The van der Waals surface area contributed by atoms with E-state index >= 15 is 0 Å². The molecule has 2 aromatic rings. The van der Waals surface area contributed by atoms with Gasteiger partial charge >= 0.3 is 0 Å². The smallest absolute Gasteiger partial charge is 0.180 e. The summed E-state index contributed by atoms with van der Waals surface area (Å²) in [7, 11) is 0. The van der Waals surface area contributed by atoms with E-state index in [2.05, 4.69) is 11.9 Å². The number of nitrogen functional groups attached to an aromatic ring is 2. The number of benzene rings is 1. The van der Waals surface area contributed by atoms with Gasteiger partial charge in [-0.2, -0.15) is 0 Å². The molecule has 15 heavy (non-hydrogen) atoms. The van der Waals surface area contributed by atoms with Crippen LogP contribution in [-0.2, 0) is 6.42 Å². The molecule has 1 aromatic carbocycles. The minimum absolute atomic E-state index is 0.602. The van der Waals surface area contributed by atoms with Gasteiger partial charge in [0.05, 0.1) is 5.69 Å². The molecular formula is C11H13N3S. The van der Waals surface area contributed by atoms with Gasteiger partial charge in [-0.05, 0) is 12.5 Å². The van der Waals surface area contributed by atoms with Crippen molar-refractivity contribution in [2.75, 3.05) is 11.5 Å². The first-order valence-electron chi connectivity index (χ1n) is 4.82. The number of aromatic nitrogens is 1. The lowest BCUT2D eigenvalue weighted by Gasteiger charge is -2.03. The zero-order valence-corrected chi connectivity index (χ0v) is 9.34. The van der Waals surface area contributed by atoms with E-state index in [0.29, 0.717) is 5.13 Å². The second-order valence-corrected chi connectivity index (χ2v) is 4.38. The fourth-order valence-corrected chi connectivity index (χ4v) is 2.32. The van der Waals surface area contributed by atoms with Crippen molar-refractivity contribution in [1.29, 1.82) is 0 Å². The van der Waals surface area contributed by atoms with Crippen molar-refractivity contribution in [3.05, 3.63) is 29.1 Å². The minimum Gasteiger partial charge on any atom is -0.398 e. The van der Waals surface area contributed by atoms with Gasteiger partial charge in [0, 0.05) is 16.1 Å². The van der Waals surface area contributed by atoms with Crippen LogP contribution in [0.5, 0.6) is 0 Å². The van der Waals surface area contributed by atoms with Crippen molar-refractivity contribution in [1.82, 2.24) is 4.98 Å². The number of aryl methyl sites for hydroxylation is 1. The fraction of sp³-hybridized carbons (Fsp3) is 0.182. The van der Waals surface area contributed by atoms with Crippen molar-refractivity contribution in [3.63, 3.8) is 0 Å². The molecule has 0 atom stereocenters. The molecule has 0 fully saturated rings. The van der Waals surface area contributed by atoms with E-state index in [1.807, 2.05) is 24.3 Å². The Kier molecular flexibility index (Phi) is 2.60. The molecule has 0 unspecified atom stereocenters. The van der Waals surface area contributed by atoms with Crippen molar-refractivity contribution >= 4 is 22.2 Å². The second-order valence-electron chi connectivity index (χ2n) is 3.26. The summed E-state index contributed by atoms with van der Waals surface area (Å²) < 4.78 is 0.